The fourth-order valence-corrected chi connectivity index (χ4v) is 1.33. The van der Waals surface area contributed by atoms with E-state index in [4.69, 9.17) is 0 Å². The van der Waals surface area contributed by atoms with Crippen LogP contribution in [-0.4, -0.2) is 12.3 Å². The molecule has 0 saturated heterocycles. The molecule has 0 aliphatic heterocycles. The van der Waals surface area contributed by atoms with Gasteiger partial charge in [-0.1, -0.05) is 45.8 Å². The Bertz CT molecular complexity index is 162. The first-order valence-corrected chi connectivity index (χ1v) is 6.02. The molecule has 0 spiro atoms. The highest BCUT2D eigenvalue weighted by Gasteiger charge is 1.89. The second-order valence-corrected chi connectivity index (χ2v) is 3.56. The molecule has 0 amide bonds. The summed E-state index contributed by atoms with van der Waals surface area (Å²) in [6, 6.07) is 0. The van der Waals surface area contributed by atoms with Crippen LogP contribution in [0.25, 0.3) is 0 Å². The Morgan fingerprint density at radius 3 is 2.21 bits per heavy atom. The monoisotopic (exact) mass is 195 g/mol. The molecule has 0 rings (SSSR count). The van der Waals surface area contributed by atoms with Crippen molar-refractivity contribution in [1.29, 1.82) is 0 Å². The third-order valence-corrected chi connectivity index (χ3v) is 2.34. The minimum Gasteiger partial charge on any atom is -0.294 e. The SMILES string of the molecule is CCCC/C=C/CCN=C(CC)CC. The summed E-state index contributed by atoms with van der Waals surface area (Å²) >= 11 is 0. The first kappa shape index (κ1) is 13.4. The number of nitrogens with zero attached hydrogens (tertiary/aromatic N) is 1. The minimum absolute atomic E-state index is 0.972. The van der Waals surface area contributed by atoms with Gasteiger partial charge >= 0.3 is 0 Å². The van der Waals surface area contributed by atoms with E-state index in [1.165, 1.54) is 25.0 Å². The van der Waals surface area contributed by atoms with E-state index >= 15 is 0 Å². The van der Waals surface area contributed by atoms with Crippen molar-refractivity contribution in [2.45, 2.75) is 59.3 Å². The molecule has 1 heteroatoms. The molecule has 0 aromatic heterocycles. The Hall–Kier alpha value is -0.590. The van der Waals surface area contributed by atoms with Crippen molar-refractivity contribution < 1.29 is 0 Å². The van der Waals surface area contributed by atoms with Gasteiger partial charge in [-0.05, 0) is 25.7 Å². The molecule has 0 radical (unpaired) electrons. The van der Waals surface area contributed by atoms with Crippen molar-refractivity contribution in [1.82, 2.24) is 0 Å². The second-order valence-electron chi connectivity index (χ2n) is 3.56. The van der Waals surface area contributed by atoms with Crippen LogP contribution in [0.5, 0.6) is 0 Å². The maximum Gasteiger partial charge on any atom is 0.0423 e. The fourth-order valence-electron chi connectivity index (χ4n) is 1.33. The molecule has 0 unspecified atom stereocenters. The highest BCUT2D eigenvalue weighted by atomic mass is 14.7. The van der Waals surface area contributed by atoms with E-state index in [1.807, 2.05) is 0 Å². The molecule has 0 N–H and O–H groups in total. The van der Waals surface area contributed by atoms with Crippen LogP contribution in [0.1, 0.15) is 59.3 Å². The van der Waals surface area contributed by atoms with Crippen molar-refractivity contribution in [3.05, 3.63) is 12.2 Å². The van der Waals surface area contributed by atoms with Gasteiger partial charge in [0, 0.05) is 12.3 Å². The summed E-state index contributed by atoms with van der Waals surface area (Å²) < 4.78 is 0. The normalized spacial score (nSPS) is 10.8. The highest BCUT2D eigenvalue weighted by Crippen LogP contribution is 1.97. The Morgan fingerprint density at radius 1 is 1.00 bits per heavy atom. The summed E-state index contributed by atoms with van der Waals surface area (Å²) in [6.45, 7) is 7.56. The summed E-state index contributed by atoms with van der Waals surface area (Å²) in [5, 5.41) is 0. The van der Waals surface area contributed by atoms with E-state index in [0.29, 0.717) is 0 Å². The number of rotatable bonds is 8. The van der Waals surface area contributed by atoms with Crippen molar-refractivity contribution in [2.24, 2.45) is 4.99 Å². The van der Waals surface area contributed by atoms with Gasteiger partial charge in [-0.3, -0.25) is 4.99 Å². The summed E-state index contributed by atoms with van der Waals surface area (Å²) in [5.74, 6) is 0. The third kappa shape index (κ3) is 8.03. The van der Waals surface area contributed by atoms with Gasteiger partial charge in [0.05, 0.1) is 0 Å². The minimum atomic E-state index is 0.972. The molecular weight excluding hydrogens is 170 g/mol. The lowest BCUT2D eigenvalue weighted by Gasteiger charge is -1.97. The maximum absolute atomic E-state index is 4.54. The van der Waals surface area contributed by atoms with Crippen molar-refractivity contribution in [3.63, 3.8) is 0 Å². The van der Waals surface area contributed by atoms with Crippen LogP contribution in [0.3, 0.4) is 0 Å². The van der Waals surface area contributed by atoms with Gasteiger partial charge in [0.15, 0.2) is 0 Å². The van der Waals surface area contributed by atoms with Crippen LogP contribution in [-0.2, 0) is 0 Å². The van der Waals surface area contributed by atoms with E-state index in [-0.39, 0.29) is 0 Å². The third-order valence-electron chi connectivity index (χ3n) is 2.34. The van der Waals surface area contributed by atoms with Crippen molar-refractivity contribution >= 4 is 5.71 Å². The van der Waals surface area contributed by atoms with Gasteiger partial charge in [-0.15, -0.1) is 0 Å². The van der Waals surface area contributed by atoms with E-state index in [2.05, 4.69) is 37.9 Å². The zero-order valence-corrected chi connectivity index (χ0v) is 10.1. The lowest BCUT2D eigenvalue weighted by molar-refractivity contribution is 0.811. The van der Waals surface area contributed by atoms with Gasteiger partial charge in [0.25, 0.3) is 0 Å². The zero-order chi connectivity index (χ0) is 10.6. The average molecular weight is 195 g/mol. The Labute approximate surface area is 89.3 Å². The van der Waals surface area contributed by atoms with Crippen LogP contribution < -0.4 is 0 Å². The summed E-state index contributed by atoms with van der Waals surface area (Å²) in [4.78, 5) is 4.54. The number of hydrogen-bond donors (Lipinski definition) is 0. The summed E-state index contributed by atoms with van der Waals surface area (Å²) in [7, 11) is 0. The Morgan fingerprint density at radius 2 is 1.64 bits per heavy atom. The zero-order valence-electron chi connectivity index (χ0n) is 10.1. The predicted molar refractivity (Wildman–Crippen MR) is 66.2 cm³/mol. The molecule has 0 fully saturated rings. The molecule has 0 aliphatic carbocycles. The first-order valence-electron chi connectivity index (χ1n) is 6.02. The Kier molecular flexibility index (Phi) is 10.0. The number of allylic oxidation sites excluding steroid dienone is 1. The number of hydrogen-bond acceptors (Lipinski definition) is 1. The van der Waals surface area contributed by atoms with Gasteiger partial charge in [0.1, 0.15) is 0 Å². The lowest BCUT2D eigenvalue weighted by atomic mass is 10.2. The lowest BCUT2D eigenvalue weighted by Crippen LogP contribution is -1.94. The molecule has 0 aromatic carbocycles. The molecule has 0 aliphatic rings. The largest absolute Gasteiger partial charge is 0.294 e. The van der Waals surface area contributed by atoms with Gasteiger partial charge in [-0.25, -0.2) is 0 Å². The second kappa shape index (κ2) is 10.5. The van der Waals surface area contributed by atoms with Gasteiger partial charge in [-0.2, -0.15) is 0 Å². The molecule has 0 saturated carbocycles. The van der Waals surface area contributed by atoms with E-state index in [0.717, 1.165) is 25.8 Å². The summed E-state index contributed by atoms with van der Waals surface area (Å²) in [6.07, 6.45) is 11.7. The molecule has 82 valence electrons. The van der Waals surface area contributed by atoms with Crippen LogP contribution in [0, 0.1) is 0 Å². The van der Waals surface area contributed by atoms with E-state index in [1.54, 1.807) is 0 Å². The van der Waals surface area contributed by atoms with Gasteiger partial charge in [0.2, 0.25) is 0 Å². The van der Waals surface area contributed by atoms with Crippen LogP contribution in [0.4, 0.5) is 0 Å². The fraction of sp³-hybridized carbons (Fsp3) is 0.769. The highest BCUT2D eigenvalue weighted by molar-refractivity contribution is 5.83. The number of unbranched alkanes of at least 4 members (excludes halogenated alkanes) is 2. The molecule has 0 atom stereocenters. The van der Waals surface area contributed by atoms with Crippen LogP contribution in [0.2, 0.25) is 0 Å². The molecular formula is C13H25N. The Balaban J connectivity index is 3.43. The van der Waals surface area contributed by atoms with E-state index < -0.39 is 0 Å². The first-order chi connectivity index (χ1) is 6.85. The molecule has 1 nitrogen and oxygen atoms in total. The van der Waals surface area contributed by atoms with Gasteiger partial charge < -0.3 is 0 Å². The molecule has 0 bridgehead atoms. The van der Waals surface area contributed by atoms with Crippen molar-refractivity contribution in [3.8, 4) is 0 Å². The van der Waals surface area contributed by atoms with E-state index in [9.17, 15) is 0 Å². The molecule has 0 aromatic rings. The maximum atomic E-state index is 4.54. The predicted octanol–water partition coefficient (Wildman–Crippen LogP) is 4.38. The van der Waals surface area contributed by atoms with Crippen LogP contribution >= 0.6 is 0 Å². The standard InChI is InChI=1S/C13H25N/c1-4-7-8-9-10-11-12-14-13(5-2)6-3/h9-10H,4-8,11-12H2,1-3H3/b10-9+. The quantitative estimate of drug-likeness (QED) is 0.309. The van der Waals surface area contributed by atoms with Crippen LogP contribution in [0.15, 0.2) is 17.1 Å². The average Bonchev–Trinajstić information content (AvgIpc) is 2.22. The smallest absolute Gasteiger partial charge is 0.0423 e. The van der Waals surface area contributed by atoms with Crippen molar-refractivity contribution in [2.75, 3.05) is 6.54 Å². The molecule has 0 heterocycles. The topological polar surface area (TPSA) is 12.4 Å². The summed E-state index contributed by atoms with van der Waals surface area (Å²) in [5.41, 5.74) is 1.35. The molecule has 14 heavy (non-hydrogen) atoms. The number of aliphatic imine (C=N–C) groups is 1.